The molecule has 3 aromatic carbocycles. The maximum absolute atomic E-state index is 13.1. The van der Waals surface area contributed by atoms with Crippen molar-refractivity contribution < 1.29 is 64.0 Å². The Bertz CT molecular complexity index is 1630. The van der Waals surface area contributed by atoms with Crippen molar-refractivity contribution in [2.45, 2.75) is 63.3 Å². The molecule has 0 heterocycles. The highest BCUT2D eigenvalue weighted by atomic mass is 32.2. The van der Waals surface area contributed by atoms with Crippen molar-refractivity contribution in [1.29, 1.82) is 0 Å². The maximum Gasteiger partial charge on any atom is 0.414 e. The molecule has 0 amide bonds. The van der Waals surface area contributed by atoms with Crippen LogP contribution in [0.2, 0.25) is 6.55 Å². The van der Waals surface area contributed by atoms with Crippen LogP contribution in [0.5, 0.6) is 0 Å². The zero-order valence-corrected chi connectivity index (χ0v) is 29.9. The topological polar surface area (TPSA) is 127 Å². The molecule has 2 N–H and O–H groups in total. The number of aliphatic hydroxyl groups excluding tert-OH is 2. The fourth-order valence-corrected chi connectivity index (χ4v) is 8.98. The number of benzene rings is 3. The summed E-state index contributed by atoms with van der Waals surface area (Å²) in [6.07, 6.45) is -12.8. The molecule has 3 aromatic rings. The van der Waals surface area contributed by atoms with E-state index < -0.39 is 71.8 Å². The summed E-state index contributed by atoms with van der Waals surface area (Å²) in [5.41, 5.74) is -2.79. The SMILES string of the molecule is C.C=C(CC(O)C(F)(F)F)C(=O)OCC.C=C(CS(=O)(=O)c1ccccc1)C(=O)OCC.C[Si](c1ccccc1)(c1ccccc1)C(O)C(F)(F)F. The van der Waals surface area contributed by atoms with Gasteiger partial charge in [0.2, 0.25) is 0 Å². The van der Waals surface area contributed by atoms with Crippen LogP contribution in [0.4, 0.5) is 26.3 Å². The Labute approximate surface area is 301 Å². The first-order valence-electron chi connectivity index (χ1n) is 15.2. The lowest BCUT2D eigenvalue weighted by Crippen LogP contribution is -2.68. The van der Waals surface area contributed by atoms with Crippen LogP contribution < -0.4 is 10.4 Å². The molecule has 0 aliphatic rings. The van der Waals surface area contributed by atoms with Crippen LogP contribution in [0.1, 0.15) is 27.7 Å². The normalized spacial score (nSPS) is 12.6. The largest absolute Gasteiger partial charge is 0.463 e. The van der Waals surface area contributed by atoms with Gasteiger partial charge in [-0.25, -0.2) is 18.0 Å². The first-order valence-corrected chi connectivity index (χ1v) is 19.4. The molecule has 288 valence electrons. The number of esters is 2. The smallest absolute Gasteiger partial charge is 0.414 e. The molecular formula is C36H44F6O8SSi. The van der Waals surface area contributed by atoms with Crippen LogP contribution in [0.3, 0.4) is 0 Å². The van der Waals surface area contributed by atoms with Gasteiger partial charge in [-0.3, -0.25) is 0 Å². The maximum atomic E-state index is 13.1. The van der Waals surface area contributed by atoms with Gasteiger partial charge in [0.05, 0.1) is 23.9 Å². The molecule has 0 aromatic heterocycles. The van der Waals surface area contributed by atoms with E-state index in [1.54, 1.807) is 92.3 Å². The van der Waals surface area contributed by atoms with E-state index in [0.29, 0.717) is 10.4 Å². The molecular weight excluding hydrogens is 735 g/mol. The molecule has 0 spiro atoms. The number of halogens is 6. The summed E-state index contributed by atoms with van der Waals surface area (Å²) in [7, 11) is -6.83. The first-order chi connectivity index (χ1) is 23.6. The summed E-state index contributed by atoms with van der Waals surface area (Å²) >= 11 is 0. The number of alkyl halides is 6. The minimum atomic E-state index is -4.74. The van der Waals surface area contributed by atoms with Crippen LogP contribution in [0, 0.1) is 0 Å². The highest BCUT2D eigenvalue weighted by molar-refractivity contribution is 7.91. The lowest BCUT2D eigenvalue weighted by atomic mass is 10.1. The molecule has 0 fully saturated rings. The van der Waals surface area contributed by atoms with Gasteiger partial charge in [-0.2, -0.15) is 26.3 Å². The average molecular weight is 779 g/mol. The van der Waals surface area contributed by atoms with E-state index in [0.717, 1.165) is 0 Å². The molecule has 2 unspecified atom stereocenters. The van der Waals surface area contributed by atoms with Gasteiger partial charge in [0.15, 0.2) is 24.0 Å². The van der Waals surface area contributed by atoms with Crippen molar-refractivity contribution in [2.24, 2.45) is 0 Å². The third-order valence-corrected chi connectivity index (χ3v) is 13.2. The molecule has 2 atom stereocenters. The molecule has 3 rings (SSSR count). The molecule has 0 aliphatic heterocycles. The standard InChI is InChI=1S/C15H15F3OSi.C12H14O4S.C8H11F3O3.CH4/c1-20(14(19)15(16,17)18,12-8-4-2-5-9-12)13-10-6-3-7-11-13;1-3-16-12(13)10(2)9-17(14,15)11-7-5-4-6-8-11;1-3-14-7(13)5(2)4-6(12)8(9,10)11;/h2-11,14,19H,1H3;4-8H,2-3,9H2,1H3;6,12H,2-4H2,1H3;1H4. The van der Waals surface area contributed by atoms with Gasteiger partial charge in [-0.15, -0.1) is 0 Å². The highest BCUT2D eigenvalue weighted by Gasteiger charge is 2.53. The van der Waals surface area contributed by atoms with Crippen molar-refractivity contribution in [2.75, 3.05) is 19.0 Å². The van der Waals surface area contributed by atoms with Gasteiger partial charge >= 0.3 is 24.3 Å². The Morgan fingerprint density at radius 3 is 1.42 bits per heavy atom. The Kier molecular flexibility index (Phi) is 19.6. The number of hydrogen-bond acceptors (Lipinski definition) is 8. The van der Waals surface area contributed by atoms with Gasteiger partial charge < -0.3 is 19.7 Å². The lowest BCUT2D eigenvalue weighted by Gasteiger charge is -2.34. The molecule has 16 heteroatoms. The van der Waals surface area contributed by atoms with E-state index >= 15 is 0 Å². The Balaban J connectivity index is 0.000000757. The van der Waals surface area contributed by atoms with Crippen LogP contribution in [0.25, 0.3) is 0 Å². The van der Waals surface area contributed by atoms with E-state index in [9.17, 15) is 49.5 Å². The monoisotopic (exact) mass is 778 g/mol. The van der Waals surface area contributed by atoms with Crippen LogP contribution in [-0.4, -0.2) is 81.8 Å². The highest BCUT2D eigenvalue weighted by Crippen LogP contribution is 2.27. The molecule has 0 radical (unpaired) electrons. The van der Waals surface area contributed by atoms with Crippen molar-refractivity contribution in [1.82, 2.24) is 0 Å². The predicted octanol–water partition coefficient (Wildman–Crippen LogP) is 5.98. The number of ether oxygens (including phenoxy) is 2. The van der Waals surface area contributed by atoms with Gasteiger partial charge in [0, 0.05) is 17.6 Å². The first kappa shape index (κ1) is 47.7. The van der Waals surface area contributed by atoms with Crippen molar-refractivity contribution in [3.05, 3.63) is 115 Å². The second-order valence-corrected chi connectivity index (χ2v) is 17.0. The molecule has 52 heavy (non-hydrogen) atoms. The number of carbonyl (C=O) groups is 2. The van der Waals surface area contributed by atoms with E-state index in [1.165, 1.54) is 19.1 Å². The zero-order valence-electron chi connectivity index (χ0n) is 28.1. The van der Waals surface area contributed by atoms with E-state index in [2.05, 4.69) is 22.6 Å². The number of hydrogen-bond donors (Lipinski definition) is 2. The summed E-state index contributed by atoms with van der Waals surface area (Å²) < 4.78 is 108. The number of rotatable bonds is 12. The summed E-state index contributed by atoms with van der Waals surface area (Å²) in [5.74, 6) is -2.02. The summed E-state index contributed by atoms with van der Waals surface area (Å²) in [5, 5.41) is 19.7. The quantitative estimate of drug-likeness (QED) is 0.0997. The molecule has 0 aliphatic carbocycles. The molecule has 0 saturated heterocycles. The fraction of sp³-hybridized carbons (Fsp3) is 0.333. The number of carbonyl (C=O) groups excluding carboxylic acids is 2. The molecule has 0 saturated carbocycles. The van der Waals surface area contributed by atoms with Crippen LogP contribution in [0.15, 0.2) is 120 Å². The van der Waals surface area contributed by atoms with Gasteiger partial charge in [0.25, 0.3) is 0 Å². The number of sulfone groups is 1. The minimum absolute atomic E-state index is 0. The Hall–Kier alpha value is -4.25. The van der Waals surface area contributed by atoms with Gasteiger partial charge in [-0.05, 0) is 26.0 Å². The lowest BCUT2D eigenvalue weighted by molar-refractivity contribution is -0.203. The van der Waals surface area contributed by atoms with Crippen molar-refractivity contribution in [3.63, 3.8) is 0 Å². The van der Waals surface area contributed by atoms with E-state index in [-0.39, 0.29) is 31.1 Å². The van der Waals surface area contributed by atoms with Crippen LogP contribution >= 0.6 is 0 Å². The average Bonchev–Trinajstić information content (AvgIpc) is 3.08. The summed E-state index contributed by atoms with van der Waals surface area (Å²) in [6, 6.07) is 24.9. The summed E-state index contributed by atoms with van der Waals surface area (Å²) in [4.78, 5) is 22.2. The zero-order chi connectivity index (χ0) is 39.0. The second kappa shape index (κ2) is 21.3. The van der Waals surface area contributed by atoms with Crippen molar-refractivity contribution >= 4 is 40.2 Å². The predicted molar refractivity (Wildman–Crippen MR) is 189 cm³/mol. The molecule has 0 bridgehead atoms. The molecule has 8 nitrogen and oxygen atoms in total. The third kappa shape index (κ3) is 14.8. The summed E-state index contributed by atoms with van der Waals surface area (Å²) in [6.45, 7) is 11.5. The Morgan fingerprint density at radius 1 is 0.712 bits per heavy atom. The van der Waals surface area contributed by atoms with Crippen molar-refractivity contribution in [3.8, 4) is 0 Å². The van der Waals surface area contributed by atoms with Gasteiger partial charge in [0.1, 0.15) is 5.73 Å². The van der Waals surface area contributed by atoms with Gasteiger partial charge in [-0.1, -0.05) is 116 Å². The third-order valence-electron chi connectivity index (χ3n) is 7.02. The second-order valence-electron chi connectivity index (χ2n) is 10.9. The number of aliphatic hydroxyl groups is 2. The minimum Gasteiger partial charge on any atom is -0.463 e. The Morgan fingerprint density at radius 2 is 1.08 bits per heavy atom. The van der Waals surface area contributed by atoms with E-state index in [1.807, 2.05) is 0 Å². The van der Waals surface area contributed by atoms with E-state index in [4.69, 9.17) is 5.11 Å². The fourth-order valence-electron chi connectivity index (χ4n) is 4.28. The van der Waals surface area contributed by atoms with Crippen LogP contribution in [-0.2, 0) is 28.9 Å².